The predicted molar refractivity (Wildman–Crippen MR) is 67.9 cm³/mol. The summed E-state index contributed by atoms with van der Waals surface area (Å²) in [5, 5.41) is 0.795. The molecule has 1 aliphatic carbocycles. The summed E-state index contributed by atoms with van der Waals surface area (Å²) >= 11 is 11.9. The minimum Gasteiger partial charge on any atom is -0.295 e. The van der Waals surface area contributed by atoms with Crippen LogP contribution in [0.2, 0.25) is 5.02 Å². The molecule has 1 saturated carbocycles. The zero-order valence-corrected chi connectivity index (χ0v) is 10.3. The van der Waals surface area contributed by atoms with E-state index < -0.39 is 0 Å². The maximum Gasteiger partial charge on any atom is 0.158 e. The first-order chi connectivity index (χ1) is 7.65. The average Bonchev–Trinajstić information content (AvgIpc) is 2.27. The summed E-state index contributed by atoms with van der Waals surface area (Å²) in [6.07, 6.45) is 3.93. The molecule has 2 rings (SSSR count). The zero-order chi connectivity index (χ0) is 11.5. The maximum atomic E-state index is 11.7. The smallest absolute Gasteiger partial charge is 0.158 e. The Morgan fingerprint density at radius 1 is 1.25 bits per heavy atom. The quantitative estimate of drug-likeness (QED) is 0.545. The van der Waals surface area contributed by atoms with Gasteiger partial charge in [-0.25, -0.2) is 0 Å². The fourth-order valence-electron chi connectivity index (χ4n) is 1.80. The molecule has 0 aromatic heterocycles. The van der Waals surface area contributed by atoms with Crippen molar-refractivity contribution in [2.45, 2.75) is 24.6 Å². The van der Waals surface area contributed by atoms with Gasteiger partial charge in [0.05, 0.1) is 0 Å². The molecule has 0 saturated heterocycles. The zero-order valence-electron chi connectivity index (χ0n) is 8.75. The van der Waals surface area contributed by atoms with Crippen LogP contribution in [0.15, 0.2) is 29.8 Å². The Bertz CT molecular complexity index is 420. The number of carbonyl (C=O) groups excluding carboxylic acids is 1. The van der Waals surface area contributed by atoms with Crippen LogP contribution in [0.25, 0.3) is 6.08 Å². The summed E-state index contributed by atoms with van der Waals surface area (Å²) in [7, 11) is 0. The molecule has 1 unspecified atom stereocenters. The van der Waals surface area contributed by atoms with Gasteiger partial charge in [-0.1, -0.05) is 23.7 Å². The lowest BCUT2D eigenvalue weighted by Gasteiger charge is -2.17. The Kier molecular flexibility index (Phi) is 3.67. The highest BCUT2D eigenvalue weighted by Gasteiger charge is 2.21. The number of hydrogen-bond donors (Lipinski definition) is 0. The molecule has 1 aromatic rings. The van der Waals surface area contributed by atoms with Gasteiger partial charge in [0.1, 0.15) is 0 Å². The normalized spacial score (nSPS) is 23.8. The monoisotopic (exact) mass is 254 g/mol. The molecule has 1 atom stereocenters. The summed E-state index contributed by atoms with van der Waals surface area (Å²) in [6.45, 7) is 0. The topological polar surface area (TPSA) is 17.1 Å². The molecule has 1 aliphatic rings. The van der Waals surface area contributed by atoms with Crippen molar-refractivity contribution >= 4 is 35.1 Å². The lowest BCUT2D eigenvalue weighted by molar-refractivity contribution is -0.116. The van der Waals surface area contributed by atoms with Crippen LogP contribution in [0, 0.1) is 0 Å². The Balaban J connectivity index is 2.22. The summed E-state index contributed by atoms with van der Waals surface area (Å²) in [4.78, 5) is 11.7. The van der Waals surface area contributed by atoms with Crippen molar-refractivity contribution in [2.75, 3.05) is 0 Å². The van der Waals surface area contributed by atoms with Crippen LogP contribution >= 0.6 is 23.2 Å². The van der Waals surface area contributed by atoms with E-state index in [9.17, 15) is 4.79 Å². The van der Waals surface area contributed by atoms with E-state index in [0.717, 1.165) is 17.6 Å². The third kappa shape index (κ3) is 2.87. The van der Waals surface area contributed by atoms with Gasteiger partial charge in [-0.05, 0) is 42.2 Å². The van der Waals surface area contributed by atoms with Gasteiger partial charge in [0.15, 0.2) is 5.78 Å². The van der Waals surface area contributed by atoms with Crippen molar-refractivity contribution in [1.29, 1.82) is 0 Å². The van der Waals surface area contributed by atoms with Crippen LogP contribution in [0.4, 0.5) is 0 Å². The van der Waals surface area contributed by atoms with Crippen molar-refractivity contribution < 1.29 is 4.79 Å². The maximum absolute atomic E-state index is 11.7. The summed E-state index contributed by atoms with van der Waals surface area (Å²) in [5.41, 5.74) is 1.83. The van der Waals surface area contributed by atoms with E-state index in [2.05, 4.69) is 0 Å². The number of benzene rings is 1. The lowest BCUT2D eigenvalue weighted by Crippen LogP contribution is -2.16. The molecule has 0 N–H and O–H groups in total. The molecular formula is C13H12Cl2O. The highest BCUT2D eigenvalue weighted by atomic mass is 35.5. The molecule has 84 valence electrons. The van der Waals surface area contributed by atoms with Gasteiger partial charge < -0.3 is 0 Å². The molecule has 1 fully saturated rings. The van der Waals surface area contributed by atoms with E-state index in [1.165, 1.54) is 0 Å². The van der Waals surface area contributed by atoms with Crippen LogP contribution in [0.3, 0.4) is 0 Å². The first-order valence-electron chi connectivity index (χ1n) is 5.28. The Morgan fingerprint density at radius 2 is 1.94 bits per heavy atom. The molecular weight excluding hydrogens is 243 g/mol. The fourth-order valence-corrected chi connectivity index (χ4v) is 2.20. The van der Waals surface area contributed by atoms with Gasteiger partial charge in [0.25, 0.3) is 0 Å². The Labute approximate surface area is 105 Å². The molecule has 1 nitrogen and oxygen atoms in total. The second kappa shape index (κ2) is 5.03. The lowest BCUT2D eigenvalue weighted by atomic mass is 9.92. The number of ketones is 1. The summed E-state index contributed by atoms with van der Waals surface area (Å²) in [5.74, 6) is 0.215. The van der Waals surface area contributed by atoms with E-state index in [1.54, 1.807) is 0 Å². The third-order valence-corrected chi connectivity index (χ3v) is 3.32. The predicted octanol–water partition coefficient (Wildman–Crippen LogP) is 4.08. The number of halogens is 2. The molecule has 0 aliphatic heterocycles. The molecule has 0 radical (unpaired) electrons. The standard InChI is InChI=1S/C13H12Cl2O/c14-11-3-1-9(2-4-11)7-10-8-12(15)5-6-13(10)16/h1-4,7,12H,5-6,8H2/b10-7-. The molecule has 3 heteroatoms. The summed E-state index contributed by atoms with van der Waals surface area (Å²) in [6, 6.07) is 7.44. The van der Waals surface area contributed by atoms with Crippen molar-refractivity contribution in [3.8, 4) is 0 Å². The minimum absolute atomic E-state index is 0.0938. The van der Waals surface area contributed by atoms with Gasteiger partial charge in [0, 0.05) is 16.8 Å². The van der Waals surface area contributed by atoms with Crippen LogP contribution in [0.5, 0.6) is 0 Å². The molecule has 16 heavy (non-hydrogen) atoms. The molecule has 0 heterocycles. The second-order valence-corrected chi connectivity index (χ2v) is 5.04. The average molecular weight is 255 g/mol. The van der Waals surface area contributed by atoms with E-state index in [0.29, 0.717) is 17.9 Å². The fraction of sp³-hybridized carbons (Fsp3) is 0.308. The van der Waals surface area contributed by atoms with Gasteiger partial charge in [0.2, 0.25) is 0 Å². The SMILES string of the molecule is O=C1CCC(Cl)C/C1=C/c1ccc(Cl)cc1. The number of hydrogen-bond acceptors (Lipinski definition) is 1. The second-order valence-electron chi connectivity index (χ2n) is 3.98. The first kappa shape index (κ1) is 11.7. The molecule has 1 aromatic carbocycles. The van der Waals surface area contributed by atoms with Gasteiger partial charge >= 0.3 is 0 Å². The summed E-state index contributed by atoms with van der Waals surface area (Å²) < 4.78 is 0. The molecule has 0 bridgehead atoms. The van der Waals surface area contributed by atoms with Crippen LogP contribution in [-0.2, 0) is 4.79 Å². The van der Waals surface area contributed by atoms with Crippen molar-refractivity contribution in [2.24, 2.45) is 0 Å². The largest absolute Gasteiger partial charge is 0.295 e. The van der Waals surface area contributed by atoms with E-state index in [4.69, 9.17) is 23.2 Å². The number of carbonyl (C=O) groups is 1. The van der Waals surface area contributed by atoms with Crippen molar-refractivity contribution in [1.82, 2.24) is 0 Å². The number of Topliss-reactive ketones (excluding diaryl/α,β-unsaturated/α-hetero) is 1. The Morgan fingerprint density at radius 3 is 2.62 bits per heavy atom. The minimum atomic E-state index is 0.0938. The van der Waals surface area contributed by atoms with Crippen molar-refractivity contribution in [3.63, 3.8) is 0 Å². The highest BCUT2D eigenvalue weighted by Crippen LogP contribution is 2.26. The van der Waals surface area contributed by atoms with Crippen LogP contribution in [-0.4, -0.2) is 11.2 Å². The van der Waals surface area contributed by atoms with Crippen LogP contribution in [0.1, 0.15) is 24.8 Å². The van der Waals surface area contributed by atoms with E-state index >= 15 is 0 Å². The van der Waals surface area contributed by atoms with Gasteiger partial charge in [-0.3, -0.25) is 4.79 Å². The van der Waals surface area contributed by atoms with E-state index in [1.807, 2.05) is 30.3 Å². The van der Waals surface area contributed by atoms with Gasteiger partial charge in [-0.2, -0.15) is 0 Å². The molecule has 0 spiro atoms. The number of alkyl halides is 1. The van der Waals surface area contributed by atoms with Crippen molar-refractivity contribution in [3.05, 3.63) is 40.4 Å². The van der Waals surface area contributed by atoms with Crippen LogP contribution < -0.4 is 0 Å². The highest BCUT2D eigenvalue weighted by molar-refractivity contribution is 6.30. The molecule has 0 amide bonds. The number of rotatable bonds is 1. The van der Waals surface area contributed by atoms with E-state index in [-0.39, 0.29) is 11.2 Å². The van der Waals surface area contributed by atoms with Gasteiger partial charge in [-0.15, -0.1) is 11.6 Å². The number of allylic oxidation sites excluding steroid dienone is 1. The third-order valence-electron chi connectivity index (χ3n) is 2.70. The Hall–Kier alpha value is -0.790. The first-order valence-corrected chi connectivity index (χ1v) is 6.10.